The van der Waals surface area contributed by atoms with Crippen LogP contribution in [-0.2, 0) is 32.2 Å². The SMILES string of the molecule is O=C(COC(=O)c1ccc(C(=O)OCC(=O)NCc2ccc(F)cc2)cc1)NCc1ccc(F)cc1. The van der Waals surface area contributed by atoms with E-state index in [4.69, 9.17) is 9.47 Å². The van der Waals surface area contributed by atoms with E-state index in [0.29, 0.717) is 11.1 Å². The Morgan fingerprint density at radius 2 is 0.889 bits per heavy atom. The molecule has 0 fully saturated rings. The number of ether oxygens (including phenoxy) is 2. The van der Waals surface area contributed by atoms with Gasteiger partial charge in [-0.1, -0.05) is 24.3 Å². The maximum absolute atomic E-state index is 12.9. The van der Waals surface area contributed by atoms with E-state index in [9.17, 15) is 28.0 Å². The number of benzene rings is 3. The van der Waals surface area contributed by atoms with Crippen molar-refractivity contribution in [1.82, 2.24) is 10.6 Å². The Kier molecular flexibility index (Phi) is 9.21. The summed E-state index contributed by atoms with van der Waals surface area (Å²) in [6, 6.07) is 16.5. The molecule has 0 aliphatic rings. The quantitative estimate of drug-likeness (QED) is 0.418. The zero-order valence-corrected chi connectivity index (χ0v) is 19.0. The molecule has 10 heteroatoms. The van der Waals surface area contributed by atoms with Gasteiger partial charge in [0.25, 0.3) is 11.8 Å². The van der Waals surface area contributed by atoms with E-state index in [2.05, 4.69) is 10.6 Å². The second-order valence-corrected chi connectivity index (χ2v) is 7.54. The average molecular weight is 496 g/mol. The minimum absolute atomic E-state index is 0.106. The molecule has 3 rings (SSSR count). The van der Waals surface area contributed by atoms with Crippen LogP contribution in [0, 0.1) is 11.6 Å². The van der Waals surface area contributed by atoms with Gasteiger partial charge in [0.1, 0.15) is 11.6 Å². The molecule has 8 nitrogen and oxygen atoms in total. The standard InChI is InChI=1S/C26H22F2N2O6/c27-21-9-1-17(2-10-21)13-29-23(31)15-35-25(33)19-5-7-20(8-6-19)26(34)36-16-24(32)30-14-18-3-11-22(28)12-4-18/h1-12H,13-16H2,(H,29,31)(H,30,32). The van der Waals surface area contributed by atoms with Crippen LogP contribution < -0.4 is 10.6 Å². The molecular formula is C26H22F2N2O6. The monoisotopic (exact) mass is 496 g/mol. The lowest BCUT2D eigenvalue weighted by Gasteiger charge is -2.08. The molecule has 3 aromatic carbocycles. The fourth-order valence-corrected chi connectivity index (χ4v) is 2.88. The van der Waals surface area contributed by atoms with Gasteiger partial charge in [-0.2, -0.15) is 0 Å². The molecule has 36 heavy (non-hydrogen) atoms. The summed E-state index contributed by atoms with van der Waals surface area (Å²) in [5, 5.41) is 5.09. The van der Waals surface area contributed by atoms with Crippen LogP contribution in [0.5, 0.6) is 0 Å². The normalized spacial score (nSPS) is 10.3. The van der Waals surface area contributed by atoms with Crippen molar-refractivity contribution in [1.29, 1.82) is 0 Å². The van der Waals surface area contributed by atoms with Crippen molar-refractivity contribution < 1.29 is 37.4 Å². The number of carbonyl (C=O) groups is 4. The van der Waals surface area contributed by atoms with E-state index >= 15 is 0 Å². The number of halogens is 2. The summed E-state index contributed by atoms with van der Waals surface area (Å²) >= 11 is 0. The minimum atomic E-state index is -0.771. The first-order valence-electron chi connectivity index (χ1n) is 10.8. The van der Waals surface area contributed by atoms with Crippen LogP contribution in [0.25, 0.3) is 0 Å². The number of hydrogen-bond acceptors (Lipinski definition) is 6. The number of nitrogens with one attached hydrogen (secondary N) is 2. The molecule has 0 saturated heterocycles. The van der Waals surface area contributed by atoms with Gasteiger partial charge in [-0.15, -0.1) is 0 Å². The molecule has 0 bridgehead atoms. The Labute approximate surface area is 205 Å². The maximum atomic E-state index is 12.9. The van der Waals surface area contributed by atoms with E-state index in [-0.39, 0.29) is 35.9 Å². The van der Waals surface area contributed by atoms with Crippen molar-refractivity contribution in [3.05, 3.63) is 107 Å². The Balaban J connectivity index is 1.37. The van der Waals surface area contributed by atoms with Crippen LogP contribution in [-0.4, -0.2) is 37.0 Å². The molecule has 0 unspecified atom stereocenters. The van der Waals surface area contributed by atoms with E-state index in [1.54, 1.807) is 0 Å². The zero-order chi connectivity index (χ0) is 25.9. The third-order valence-corrected chi connectivity index (χ3v) is 4.83. The van der Waals surface area contributed by atoms with Gasteiger partial charge in [0.15, 0.2) is 13.2 Å². The highest BCUT2D eigenvalue weighted by molar-refractivity contribution is 5.94. The number of rotatable bonds is 10. The van der Waals surface area contributed by atoms with Crippen molar-refractivity contribution in [2.24, 2.45) is 0 Å². The van der Waals surface area contributed by atoms with Crippen LogP contribution in [0.3, 0.4) is 0 Å². The third kappa shape index (κ3) is 8.32. The average Bonchev–Trinajstić information content (AvgIpc) is 2.89. The van der Waals surface area contributed by atoms with Crippen molar-refractivity contribution in [3.63, 3.8) is 0 Å². The van der Waals surface area contributed by atoms with Crippen molar-refractivity contribution >= 4 is 23.8 Å². The van der Waals surface area contributed by atoms with Gasteiger partial charge in [0.05, 0.1) is 11.1 Å². The molecule has 2 amide bonds. The second-order valence-electron chi connectivity index (χ2n) is 7.54. The highest BCUT2D eigenvalue weighted by atomic mass is 19.1. The molecule has 0 heterocycles. The molecule has 186 valence electrons. The second kappa shape index (κ2) is 12.7. The molecule has 0 aromatic heterocycles. The molecule has 0 aliphatic heterocycles. The van der Waals surface area contributed by atoms with Crippen LogP contribution in [0.4, 0.5) is 8.78 Å². The number of hydrogen-bond donors (Lipinski definition) is 2. The smallest absolute Gasteiger partial charge is 0.338 e. The van der Waals surface area contributed by atoms with E-state index in [0.717, 1.165) is 0 Å². The fourth-order valence-electron chi connectivity index (χ4n) is 2.88. The van der Waals surface area contributed by atoms with Gasteiger partial charge in [-0.25, -0.2) is 18.4 Å². The van der Waals surface area contributed by atoms with E-state index in [1.165, 1.54) is 72.8 Å². The van der Waals surface area contributed by atoms with Crippen LogP contribution in [0.2, 0.25) is 0 Å². The molecule has 0 spiro atoms. The summed E-state index contributed by atoms with van der Waals surface area (Å²) < 4.78 is 35.7. The Hall–Kier alpha value is -4.60. The van der Waals surface area contributed by atoms with Gasteiger partial charge in [-0.05, 0) is 59.7 Å². The largest absolute Gasteiger partial charge is 0.452 e. The highest BCUT2D eigenvalue weighted by Gasteiger charge is 2.14. The molecular weight excluding hydrogens is 474 g/mol. The molecule has 3 aromatic rings. The van der Waals surface area contributed by atoms with Crippen LogP contribution in [0.15, 0.2) is 72.8 Å². The van der Waals surface area contributed by atoms with Gasteiger partial charge < -0.3 is 20.1 Å². The summed E-state index contributed by atoms with van der Waals surface area (Å²) in [5.74, 6) is -3.39. The first-order chi connectivity index (χ1) is 17.3. The fraction of sp³-hybridized carbons (Fsp3) is 0.154. The van der Waals surface area contributed by atoms with Crippen LogP contribution >= 0.6 is 0 Å². The molecule has 0 saturated carbocycles. The first kappa shape index (κ1) is 26.0. The summed E-state index contributed by atoms with van der Waals surface area (Å²) in [7, 11) is 0. The van der Waals surface area contributed by atoms with Gasteiger partial charge in [-0.3, -0.25) is 9.59 Å². The Morgan fingerprint density at radius 3 is 1.22 bits per heavy atom. The molecule has 2 N–H and O–H groups in total. The lowest BCUT2D eigenvalue weighted by atomic mass is 10.1. The van der Waals surface area contributed by atoms with Crippen molar-refractivity contribution in [3.8, 4) is 0 Å². The molecule has 0 radical (unpaired) electrons. The lowest BCUT2D eigenvalue weighted by molar-refractivity contribution is -0.125. The first-order valence-corrected chi connectivity index (χ1v) is 10.8. The van der Waals surface area contributed by atoms with Gasteiger partial charge in [0, 0.05) is 13.1 Å². The predicted octanol–water partition coefficient (Wildman–Crippen LogP) is 2.91. The van der Waals surface area contributed by atoms with Gasteiger partial charge in [0.2, 0.25) is 0 Å². The maximum Gasteiger partial charge on any atom is 0.338 e. The number of esters is 2. The number of carbonyl (C=O) groups excluding carboxylic acids is 4. The third-order valence-electron chi connectivity index (χ3n) is 4.83. The van der Waals surface area contributed by atoms with Crippen LogP contribution in [0.1, 0.15) is 31.8 Å². The predicted molar refractivity (Wildman–Crippen MR) is 124 cm³/mol. The highest BCUT2D eigenvalue weighted by Crippen LogP contribution is 2.08. The van der Waals surface area contributed by atoms with Crippen molar-refractivity contribution in [2.75, 3.05) is 13.2 Å². The van der Waals surface area contributed by atoms with E-state index in [1.807, 2.05) is 0 Å². The number of amides is 2. The molecule has 0 atom stereocenters. The van der Waals surface area contributed by atoms with Crippen molar-refractivity contribution in [2.45, 2.75) is 13.1 Å². The summed E-state index contributed by atoms with van der Waals surface area (Å²) in [6.07, 6.45) is 0. The van der Waals surface area contributed by atoms with Gasteiger partial charge >= 0.3 is 11.9 Å². The van der Waals surface area contributed by atoms with E-state index < -0.39 is 37.0 Å². The summed E-state index contributed by atoms with van der Waals surface area (Å²) in [4.78, 5) is 48.0. The minimum Gasteiger partial charge on any atom is -0.452 e. The Morgan fingerprint density at radius 1 is 0.556 bits per heavy atom. The lowest BCUT2D eigenvalue weighted by Crippen LogP contribution is -2.28. The zero-order valence-electron chi connectivity index (χ0n) is 19.0. The Bertz CT molecular complexity index is 1120. The summed E-state index contributed by atoms with van der Waals surface area (Å²) in [6.45, 7) is -0.733. The topological polar surface area (TPSA) is 111 Å². The molecule has 0 aliphatic carbocycles. The summed E-state index contributed by atoms with van der Waals surface area (Å²) in [5.41, 5.74) is 1.58.